The van der Waals surface area contributed by atoms with Crippen molar-refractivity contribution < 1.29 is 13.6 Å². The molecule has 0 spiro atoms. The van der Waals surface area contributed by atoms with Crippen LogP contribution in [0.5, 0.6) is 0 Å². The van der Waals surface area contributed by atoms with Gasteiger partial charge in [0.25, 0.3) is 5.91 Å². The Morgan fingerprint density at radius 1 is 1.28 bits per heavy atom. The van der Waals surface area contributed by atoms with Crippen LogP contribution in [0.15, 0.2) is 40.8 Å². The van der Waals surface area contributed by atoms with E-state index in [-0.39, 0.29) is 17.5 Å². The largest absolute Gasteiger partial charge is 0.451 e. The minimum atomic E-state index is -0.389. The third-order valence-corrected chi connectivity index (χ3v) is 2.54. The monoisotopic (exact) mass is 267 g/mol. The number of nitrogens with one attached hydrogen (secondary N) is 1. The number of halogens is 2. The van der Waals surface area contributed by atoms with E-state index in [2.05, 4.69) is 5.32 Å². The van der Waals surface area contributed by atoms with Crippen LogP contribution < -0.4 is 5.32 Å². The average Bonchev–Trinajstić information content (AvgIpc) is 2.86. The molecule has 1 aromatic carbocycles. The number of amides is 1. The molecule has 1 amide bonds. The van der Waals surface area contributed by atoms with Gasteiger partial charge in [0.1, 0.15) is 11.6 Å². The molecular formula is C13H11ClFNO2. The summed E-state index contributed by atoms with van der Waals surface area (Å²) < 4.78 is 18.8. The quantitative estimate of drug-likeness (QED) is 0.865. The molecule has 5 heteroatoms. The van der Waals surface area contributed by atoms with Crippen molar-refractivity contribution in [1.82, 2.24) is 5.32 Å². The zero-order valence-corrected chi connectivity index (χ0v) is 10.2. The van der Waals surface area contributed by atoms with Gasteiger partial charge in [-0.15, -0.1) is 11.6 Å². The number of rotatable bonds is 4. The summed E-state index contributed by atoms with van der Waals surface area (Å²) in [5, 5.41) is 2.57. The fourth-order valence-electron chi connectivity index (χ4n) is 1.51. The molecule has 0 saturated heterocycles. The third-order valence-electron chi connectivity index (χ3n) is 2.35. The maximum atomic E-state index is 13.5. The van der Waals surface area contributed by atoms with Crippen LogP contribution >= 0.6 is 11.6 Å². The van der Waals surface area contributed by atoms with Gasteiger partial charge < -0.3 is 9.73 Å². The van der Waals surface area contributed by atoms with Gasteiger partial charge in [0.2, 0.25) is 0 Å². The van der Waals surface area contributed by atoms with Gasteiger partial charge >= 0.3 is 0 Å². The highest BCUT2D eigenvalue weighted by atomic mass is 35.5. The van der Waals surface area contributed by atoms with Crippen LogP contribution in [0.1, 0.15) is 10.6 Å². The third kappa shape index (κ3) is 2.71. The van der Waals surface area contributed by atoms with E-state index in [1.807, 2.05) is 0 Å². The van der Waals surface area contributed by atoms with Gasteiger partial charge in [-0.1, -0.05) is 12.1 Å². The molecule has 1 aromatic heterocycles. The van der Waals surface area contributed by atoms with E-state index in [0.717, 1.165) is 0 Å². The molecule has 2 aromatic rings. The normalized spacial score (nSPS) is 10.3. The number of hydrogen-bond donors (Lipinski definition) is 1. The molecule has 18 heavy (non-hydrogen) atoms. The Labute approximate surface area is 109 Å². The van der Waals surface area contributed by atoms with Gasteiger partial charge in [0.15, 0.2) is 5.76 Å². The number of alkyl halides is 1. The number of carbonyl (C=O) groups excluding carboxylic acids is 1. The zero-order chi connectivity index (χ0) is 13.0. The van der Waals surface area contributed by atoms with Crippen molar-refractivity contribution in [3.8, 4) is 11.3 Å². The summed E-state index contributed by atoms with van der Waals surface area (Å²) in [5.74, 6) is 0.0346. The fourth-order valence-corrected chi connectivity index (χ4v) is 1.61. The Bertz CT molecular complexity index is 553. The summed E-state index contributed by atoms with van der Waals surface area (Å²) in [4.78, 5) is 11.6. The summed E-state index contributed by atoms with van der Waals surface area (Å²) in [7, 11) is 0. The predicted molar refractivity (Wildman–Crippen MR) is 67.2 cm³/mol. The number of hydrogen-bond acceptors (Lipinski definition) is 2. The predicted octanol–water partition coefficient (Wildman–Crippen LogP) is 3.05. The van der Waals surface area contributed by atoms with E-state index in [0.29, 0.717) is 23.7 Å². The van der Waals surface area contributed by atoms with Crippen molar-refractivity contribution in [2.45, 2.75) is 0 Å². The lowest BCUT2D eigenvalue weighted by molar-refractivity contribution is 0.0929. The van der Waals surface area contributed by atoms with E-state index in [9.17, 15) is 9.18 Å². The van der Waals surface area contributed by atoms with Gasteiger partial charge in [0.05, 0.1) is 5.56 Å². The highest BCUT2D eigenvalue weighted by Crippen LogP contribution is 2.24. The first kappa shape index (κ1) is 12.6. The second-order valence-electron chi connectivity index (χ2n) is 3.59. The van der Waals surface area contributed by atoms with Gasteiger partial charge in [-0.05, 0) is 24.3 Å². The SMILES string of the molecule is O=C(NCCCl)c1ccc(-c2ccccc2F)o1. The van der Waals surface area contributed by atoms with Gasteiger partial charge in [0, 0.05) is 12.4 Å². The summed E-state index contributed by atoms with van der Waals surface area (Å²) in [6.07, 6.45) is 0. The van der Waals surface area contributed by atoms with Crippen molar-refractivity contribution in [1.29, 1.82) is 0 Å². The van der Waals surface area contributed by atoms with Gasteiger partial charge in [-0.25, -0.2) is 4.39 Å². The van der Waals surface area contributed by atoms with Crippen molar-refractivity contribution in [2.75, 3.05) is 12.4 Å². The Kier molecular flexibility index (Phi) is 3.99. The maximum absolute atomic E-state index is 13.5. The molecule has 0 radical (unpaired) electrons. The molecule has 0 bridgehead atoms. The van der Waals surface area contributed by atoms with Crippen LogP contribution in [-0.4, -0.2) is 18.3 Å². The molecule has 0 aliphatic rings. The molecule has 2 rings (SSSR count). The molecular weight excluding hydrogens is 257 g/mol. The van der Waals surface area contributed by atoms with Crippen LogP contribution in [0, 0.1) is 5.82 Å². The molecule has 0 aliphatic heterocycles. The molecule has 3 nitrogen and oxygen atoms in total. The number of benzene rings is 1. The topological polar surface area (TPSA) is 42.2 Å². The van der Waals surface area contributed by atoms with E-state index in [4.69, 9.17) is 16.0 Å². The first-order valence-corrected chi connectivity index (χ1v) is 5.94. The minimum Gasteiger partial charge on any atom is -0.451 e. The number of furan rings is 1. The van der Waals surface area contributed by atoms with E-state index < -0.39 is 0 Å². The second-order valence-corrected chi connectivity index (χ2v) is 3.97. The lowest BCUT2D eigenvalue weighted by Gasteiger charge is -2.00. The highest BCUT2D eigenvalue weighted by molar-refractivity contribution is 6.18. The second kappa shape index (κ2) is 5.69. The zero-order valence-electron chi connectivity index (χ0n) is 9.45. The lowest BCUT2D eigenvalue weighted by atomic mass is 10.1. The highest BCUT2D eigenvalue weighted by Gasteiger charge is 2.13. The van der Waals surface area contributed by atoms with Crippen molar-refractivity contribution >= 4 is 17.5 Å². The van der Waals surface area contributed by atoms with Gasteiger partial charge in [-0.2, -0.15) is 0 Å². The average molecular weight is 268 g/mol. The van der Waals surface area contributed by atoms with Crippen LogP contribution in [0.2, 0.25) is 0 Å². The molecule has 1 N–H and O–H groups in total. The smallest absolute Gasteiger partial charge is 0.287 e. The lowest BCUT2D eigenvalue weighted by Crippen LogP contribution is -2.24. The standard InChI is InChI=1S/C13H11ClFNO2/c14-7-8-16-13(17)12-6-5-11(18-12)9-3-1-2-4-10(9)15/h1-6H,7-8H2,(H,16,17). The Balaban J connectivity index is 2.21. The van der Waals surface area contributed by atoms with Crippen molar-refractivity contribution in [3.63, 3.8) is 0 Å². The summed E-state index contributed by atoms with van der Waals surface area (Å²) in [6, 6.07) is 9.29. The van der Waals surface area contributed by atoms with E-state index in [1.54, 1.807) is 24.3 Å². The van der Waals surface area contributed by atoms with E-state index >= 15 is 0 Å². The summed E-state index contributed by atoms with van der Waals surface area (Å²) >= 11 is 5.46. The van der Waals surface area contributed by atoms with E-state index in [1.165, 1.54) is 12.1 Å². The summed E-state index contributed by atoms with van der Waals surface area (Å²) in [6.45, 7) is 0.357. The Morgan fingerprint density at radius 3 is 2.78 bits per heavy atom. The van der Waals surface area contributed by atoms with Crippen LogP contribution in [0.25, 0.3) is 11.3 Å². The molecule has 0 saturated carbocycles. The Morgan fingerprint density at radius 2 is 2.06 bits per heavy atom. The first-order valence-electron chi connectivity index (χ1n) is 5.41. The summed E-state index contributed by atoms with van der Waals surface area (Å²) in [5.41, 5.74) is 0.328. The molecule has 0 aliphatic carbocycles. The minimum absolute atomic E-state index is 0.137. The molecule has 94 valence electrons. The van der Waals surface area contributed by atoms with Gasteiger partial charge in [-0.3, -0.25) is 4.79 Å². The van der Waals surface area contributed by atoms with Crippen molar-refractivity contribution in [3.05, 3.63) is 48.0 Å². The molecule has 1 heterocycles. The fraction of sp³-hybridized carbons (Fsp3) is 0.154. The molecule has 0 unspecified atom stereocenters. The maximum Gasteiger partial charge on any atom is 0.287 e. The first-order chi connectivity index (χ1) is 8.72. The number of carbonyl (C=O) groups is 1. The molecule has 0 fully saturated rings. The molecule has 0 atom stereocenters. The van der Waals surface area contributed by atoms with Crippen LogP contribution in [-0.2, 0) is 0 Å². The van der Waals surface area contributed by atoms with Crippen molar-refractivity contribution in [2.24, 2.45) is 0 Å². The Hall–Kier alpha value is -1.81. The van der Waals surface area contributed by atoms with Crippen LogP contribution in [0.3, 0.4) is 0 Å². The van der Waals surface area contributed by atoms with Crippen LogP contribution in [0.4, 0.5) is 4.39 Å².